The predicted octanol–water partition coefficient (Wildman–Crippen LogP) is 2.19. The molecule has 5 heteroatoms. The number of hydrogen-bond donors (Lipinski definition) is 1. The lowest BCUT2D eigenvalue weighted by atomic mass is 10.3. The van der Waals surface area contributed by atoms with Crippen LogP contribution < -0.4 is 5.32 Å². The molecule has 0 aliphatic rings. The molecule has 4 nitrogen and oxygen atoms in total. The fourth-order valence-corrected chi connectivity index (χ4v) is 1.69. The number of nitrogens with one attached hydrogen (secondary N) is 1. The van der Waals surface area contributed by atoms with E-state index in [2.05, 4.69) is 15.3 Å². The fraction of sp³-hybridized carbons (Fsp3) is 0. The predicted molar refractivity (Wildman–Crippen MR) is 64.0 cm³/mol. The molecule has 0 radical (unpaired) electrons. The smallest absolute Gasteiger partial charge is 0.250 e. The van der Waals surface area contributed by atoms with Gasteiger partial charge in [-0.3, -0.25) is 10.1 Å². The summed E-state index contributed by atoms with van der Waals surface area (Å²) in [6.07, 6.45) is 6.35. The Morgan fingerprint density at radius 3 is 2.88 bits per heavy atom. The Morgan fingerprint density at radius 2 is 2.19 bits per heavy atom. The van der Waals surface area contributed by atoms with Gasteiger partial charge < -0.3 is 0 Å². The van der Waals surface area contributed by atoms with Gasteiger partial charge in [0.25, 0.3) is 5.91 Å². The SMILES string of the molecule is O=C(/C=C/c1ccsc1)Nc1ncccn1. The Bertz CT molecular complexity index is 479. The highest BCUT2D eigenvalue weighted by molar-refractivity contribution is 7.08. The molecule has 2 rings (SSSR count). The van der Waals surface area contributed by atoms with Crippen LogP contribution in [0, 0.1) is 0 Å². The summed E-state index contributed by atoms with van der Waals surface area (Å²) in [5, 5.41) is 6.48. The first-order valence-corrected chi connectivity index (χ1v) is 5.57. The number of amides is 1. The first kappa shape index (κ1) is 10.5. The van der Waals surface area contributed by atoms with Crippen LogP contribution in [-0.2, 0) is 4.79 Å². The molecule has 1 amide bonds. The largest absolute Gasteiger partial charge is 0.291 e. The minimum absolute atomic E-state index is 0.239. The lowest BCUT2D eigenvalue weighted by Crippen LogP contribution is -2.10. The maximum atomic E-state index is 11.4. The van der Waals surface area contributed by atoms with Crippen LogP contribution in [0.5, 0.6) is 0 Å². The first-order chi connectivity index (χ1) is 7.84. The second kappa shape index (κ2) is 5.18. The van der Waals surface area contributed by atoms with E-state index in [0.29, 0.717) is 5.95 Å². The van der Waals surface area contributed by atoms with Crippen LogP contribution in [0.3, 0.4) is 0 Å². The zero-order valence-electron chi connectivity index (χ0n) is 8.33. The molecule has 0 saturated heterocycles. The van der Waals surface area contributed by atoms with Crippen LogP contribution in [0.15, 0.2) is 41.4 Å². The van der Waals surface area contributed by atoms with Crippen LogP contribution in [0.2, 0.25) is 0 Å². The number of aromatic nitrogens is 2. The van der Waals surface area contributed by atoms with E-state index in [-0.39, 0.29) is 5.91 Å². The molecule has 0 aromatic carbocycles. The van der Waals surface area contributed by atoms with E-state index >= 15 is 0 Å². The van der Waals surface area contributed by atoms with E-state index < -0.39 is 0 Å². The Morgan fingerprint density at radius 1 is 1.38 bits per heavy atom. The van der Waals surface area contributed by atoms with E-state index in [0.717, 1.165) is 5.56 Å². The average molecular weight is 231 g/mol. The summed E-state index contributed by atoms with van der Waals surface area (Å²) in [5.74, 6) is 0.0693. The molecule has 0 unspecified atom stereocenters. The van der Waals surface area contributed by atoms with Crippen molar-refractivity contribution in [3.05, 3.63) is 46.9 Å². The van der Waals surface area contributed by atoms with Gasteiger partial charge in [-0.15, -0.1) is 0 Å². The van der Waals surface area contributed by atoms with Gasteiger partial charge in [0.2, 0.25) is 5.95 Å². The van der Waals surface area contributed by atoms with E-state index in [1.54, 1.807) is 35.9 Å². The number of rotatable bonds is 3. The van der Waals surface area contributed by atoms with Crippen molar-refractivity contribution < 1.29 is 4.79 Å². The molecule has 0 fully saturated rings. The molecule has 80 valence electrons. The highest BCUT2D eigenvalue weighted by Gasteiger charge is 1.98. The van der Waals surface area contributed by atoms with Gasteiger partial charge in [-0.2, -0.15) is 11.3 Å². The number of hydrogen-bond acceptors (Lipinski definition) is 4. The summed E-state index contributed by atoms with van der Waals surface area (Å²) in [6.45, 7) is 0. The average Bonchev–Trinajstić information content (AvgIpc) is 2.81. The van der Waals surface area contributed by atoms with Crippen molar-refractivity contribution >= 4 is 29.3 Å². The Hall–Kier alpha value is -2.01. The summed E-state index contributed by atoms with van der Waals surface area (Å²) < 4.78 is 0. The molecular formula is C11H9N3OS. The van der Waals surface area contributed by atoms with Crippen LogP contribution in [0.1, 0.15) is 5.56 Å². The van der Waals surface area contributed by atoms with Gasteiger partial charge in [0, 0.05) is 18.5 Å². The number of carbonyl (C=O) groups excluding carboxylic acids is 1. The van der Waals surface area contributed by atoms with Gasteiger partial charge in [-0.05, 0) is 34.5 Å². The first-order valence-electron chi connectivity index (χ1n) is 4.63. The van der Waals surface area contributed by atoms with Gasteiger partial charge in [0.1, 0.15) is 0 Å². The molecule has 0 bridgehead atoms. The van der Waals surface area contributed by atoms with Gasteiger partial charge >= 0.3 is 0 Å². The number of anilines is 1. The monoisotopic (exact) mass is 231 g/mol. The zero-order valence-corrected chi connectivity index (χ0v) is 9.15. The van der Waals surface area contributed by atoms with Gasteiger partial charge in [0.05, 0.1) is 0 Å². The number of nitrogens with zero attached hydrogens (tertiary/aromatic N) is 2. The van der Waals surface area contributed by atoms with Crippen molar-refractivity contribution in [2.45, 2.75) is 0 Å². The Kier molecular flexibility index (Phi) is 3.40. The summed E-state index contributed by atoms with van der Waals surface area (Å²) in [7, 11) is 0. The molecule has 2 aromatic rings. The molecule has 2 aromatic heterocycles. The maximum absolute atomic E-state index is 11.4. The second-order valence-electron chi connectivity index (χ2n) is 2.95. The molecule has 1 N–H and O–H groups in total. The maximum Gasteiger partial charge on any atom is 0.250 e. The minimum atomic E-state index is -0.239. The van der Waals surface area contributed by atoms with Crippen molar-refractivity contribution in [3.8, 4) is 0 Å². The topological polar surface area (TPSA) is 54.9 Å². The van der Waals surface area contributed by atoms with Crippen LogP contribution in [0.25, 0.3) is 6.08 Å². The third-order valence-corrected chi connectivity index (χ3v) is 2.47. The van der Waals surface area contributed by atoms with Crippen LogP contribution >= 0.6 is 11.3 Å². The summed E-state index contributed by atoms with van der Waals surface area (Å²) in [4.78, 5) is 19.2. The summed E-state index contributed by atoms with van der Waals surface area (Å²) in [6, 6.07) is 3.63. The van der Waals surface area contributed by atoms with Gasteiger partial charge in [-0.1, -0.05) is 0 Å². The molecule has 16 heavy (non-hydrogen) atoms. The summed E-state index contributed by atoms with van der Waals surface area (Å²) in [5.41, 5.74) is 1.01. The lowest BCUT2D eigenvalue weighted by Gasteiger charge is -1.97. The van der Waals surface area contributed by atoms with E-state index in [9.17, 15) is 4.79 Å². The second-order valence-corrected chi connectivity index (χ2v) is 3.73. The van der Waals surface area contributed by atoms with Crippen LogP contribution in [0.4, 0.5) is 5.95 Å². The van der Waals surface area contributed by atoms with Crippen molar-refractivity contribution in [2.75, 3.05) is 5.32 Å². The highest BCUT2D eigenvalue weighted by Crippen LogP contribution is 2.07. The molecule has 0 spiro atoms. The fourth-order valence-electron chi connectivity index (χ4n) is 1.06. The molecule has 0 aliphatic heterocycles. The third kappa shape index (κ3) is 2.99. The van der Waals surface area contributed by atoms with Crippen molar-refractivity contribution in [1.82, 2.24) is 9.97 Å². The van der Waals surface area contributed by atoms with Gasteiger partial charge in [-0.25, -0.2) is 9.97 Å². The van der Waals surface area contributed by atoms with Crippen molar-refractivity contribution in [3.63, 3.8) is 0 Å². The van der Waals surface area contributed by atoms with Crippen molar-refractivity contribution in [1.29, 1.82) is 0 Å². The molecule has 0 saturated carbocycles. The van der Waals surface area contributed by atoms with Gasteiger partial charge in [0.15, 0.2) is 0 Å². The number of carbonyl (C=O) groups is 1. The molecule has 0 aliphatic carbocycles. The normalized spacial score (nSPS) is 10.5. The van der Waals surface area contributed by atoms with Crippen molar-refractivity contribution in [2.24, 2.45) is 0 Å². The lowest BCUT2D eigenvalue weighted by molar-refractivity contribution is -0.111. The quantitative estimate of drug-likeness (QED) is 0.824. The van der Waals surface area contributed by atoms with E-state index in [1.807, 2.05) is 16.8 Å². The van der Waals surface area contributed by atoms with E-state index in [1.165, 1.54) is 6.08 Å². The molecule has 2 heterocycles. The molecular weight excluding hydrogens is 222 g/mol. The minimum Gasteiger partial charge on any atom is -0.291 e. The zero-order chi connectivity index (χ0) is 11.2. The van der Waals surface area contributed by atoms with Crippen LogP contribution in [-0.4, -0.2) is 15.9 Å². The highest BCUT2D eigenvalue weighted by atomic mass is 32.1. The number of thiophene rings is 1. The van der Waals surface area contributed by atoms with E-state index in [4.69, 9.17) is 0 Å². The molecule has 0 atom stereocenters. The Balaban J connectivity index is 1.95. The standard InChI is InChI=1S/C11H9N3OS/c15-10(3-2-9-4-7-16-8-9)14-11-12-5-1-6-13-11/h1-8H,(H,12,13,14,15)/b3-2+. The third-order valence-electron chi connectivity index (χ3n) is 1.77. The Labute approximate surface area is 96.7 Å². The summed E-state index contributed by atoms with van der Waals surface area (Å²) >= 11 is 1.59.